The Bertz CT molecular complexity index is 743. The molecule has 10 heteroatoms. The molecule has 1 N–H and O–H groups in total. The summed E-state index contributed by atoms with van der Waals surface area (Å²) in [5.41, 5.74) is 0. The van der Waals surface area contributed by atoms with Gasteiger partial charge in [-0.05, 0) is 25.8 Å². The summed E-state index contributed by atoms with van der Waals surface area (Å²) < 4.78 is 5.13. The number of hydrogen-bond acceptors (Lipinski definition) is 7. The van der Waals surface area contributed by atoms with Crippen molar-refractivity contribution in [1.29, 1.82) is 0 Å². The largest absolute Gasteiger partial charge is 0.466 e. The second-order valence-corrected chi connectivity index (χ2v) is 7.65. The highest BCUT2D eigenvalue weighted by Gasteiger charge is 2.27. The van der Waals surface area contributed by atoms with Crippen molar-refractivity contribution in [2.24, 2.45) is 10.9 Å². The first kappa shape index (κ1) is 22.8. The van der Waals surface area contributed by atoms with E-state index in [0.29, 0.717) is 38.6 Å². The van der Waals surface area contributed by atoms with Crippen molar-refractivity contribution in [3.05, 3.63) is 18.5 Å². The molecule has 1 aromatic heterocycles. The zero-order valence-electron chi connectivity index (χ0n) is 18.5. The van der Waals surface area contributed by atoms with Gasteiger partial charge in [0.15, 0.2) is 5.96 Å². The van der Waals surface area contributed by atoms with E-state index in [4.69, 9.17) is 4.74 Å². The van der Waals surface area contributed by atoms with Gasteiger partial charge in [-0.1, -0.05) is 0 Å². The minimum Gasteiger partial charge on any atom is -0.466 e. The van der Waals surface area contributed by atoms with Crippen molar-refractivity contribution < 1.29 is 14.3 Å². The maximum Gasteiger partial charge on any atom is 0.309 e. The van der Waals surface area contributed by atoms with Crippen LogP contribution in [0.4, 0.5) is 5.95 Å². The van der Waals surface area contributed by atoms with Crippen molar-refractivity contribution in [1.82, 2.24) is 25.1 Å². The molecular weight excluding hydrogens is 398 g/mol. The molecule has 0 spiro atoms. The first-order valence-corrected chi connectivity index (χ1v) is 11.0. The van der Waals surface area contributed by atoms with Crippen LogP contribution in [0.25, 0.3) is 0 Å². The number of nitrogens with zero attached hydrogens (tertiary/aromatic N) is 6. The van der Waals surface area contributed by atoms with Crippen LogP contribution in [0.1, 0.15) is 26.2 Å². The molecule has 2 saturated heterocycles. The van der Waals surface area contributed by atoms with E-state index in [1.165, 1.54) is 0 Å². The topological polar surface area (TPSA) is 103 Å². The molecule has 3 rings (SSSR count). The standard InChI is InChI=1S/C21H33N7O3/c1-3-31-19(30)17-6-11-27(12-7-17)20(22-2)25-10-5-18(29)26-13-15-28(16-14-26)21-23-8-4-9-24-21/h4,8-9,17H,3,5-7,10-16H2,1-2H3,(H,22,25). The number of piperazine rings is 1. The number of esters is 1. The molecule has 170 valence electrons. The summed E-state index contributed by atoms with van der Waals surface area (Å²) in [6, 6.07) is 1.80. The van der Waals surface area contributed by atoms with Gasteiger partial charge in [-0.25, -0.2) is 9.97 Å². The zero-order valence-corrected chi connectivity index (χ0v) is 18.5. The van der Waals surface area contributed by atoms with Gasteiger partial charge in [0.05, 0.1) is 12.5 Å². The van der Waals surface area contributed by atoms with E-state index in [9.17, 15) is 9.59 Å². The lowest BCUT2D eigenvalue weighted by atomic mass is 9.97. The number of anilines is 1. The predicted molar refractivity (Wildman–Crippen MR) is 118 cm³/mol. The van der Waals surface area contributed by atoms with Crippen LogP contribution in [0.5, 0.6) is 0 Å². The Morgan fingerprint density at radius 2 is 1.77 bits per heavy atom. The van der Waals surface area contributed by atoms with E-state index in [2.05, 4.69) is 30.1 Å². The third-order valence-corrected chi connectivity index (χ3v) is 5.72. The van der Waals surface area contributed by atoms with Crippen LogP contribution in [0, 0.1) is 5.92 Å². The maximum atomic E-state index is 12.6. The van der Waals surface area contributed by atoms with Crippen LogP contribution in [0.3, 0.4) is 0 Å². The number of aromatic nitrogens is 2. The van der Waals surface area contributed by atoms with Gasteiger partial charge in [0, 0.05) is 71.7 Å². The van der Waals surface area contributed by atoms with Gasteiger partial charge in [-0.15, -0.1) is 0 Å². The van der Waals surface area contributed by atoms with Gasteiger partial charge in [-0.2, -0.15) is 0 Å². The summed E-state index contributed by atoms with van der Waals surface area (Å²) in [6.45, 7) is 7.11. The third kappa shape index (κ3) is 6.28. The Morgan fingerprint density at radius 3 is 2.39 bits per heavy atom. The maximum absolute atomic E-state index is 12.6. The number of amides is 1. The van der Waals surface area contributed by atoms with Gasteiger partial charge in [0.2, 0.25) is 11.9 Å². The van der Waals surface area contributed by atoms with Crippen LogP contribution in [0.15, 0.2) is 23.5 Å². The van der Waals surface area contributed by atoms with Gasteiger partial charge >= 0.3 is 5.97 Å². The minimum absolute atomic E-state index is 0.0316. The van der Waals surface area contributed by atoms with Crippen molar-refractivity contribution in [3.63, 3.8) is 0 Å². The van der Waals surface area contributed by atoms with Crippen molar-refractivity contribution in [2.75, 3.05) is 64.4 Å². The summed E-state index contributed by atoms with van der Waals surface area (Å²) in [7, 11) is 1.74. The summed E-state index contributed by atoms with van der Waals surface area (Å²) in [5, 5.41) is 3.29. The Morgan fingerprint density at radius 1 is 1.10 bits per heavy atom. The molecule has 3 heterocycles. The zero-order chi connectivity index (χ0) is 22.1. The van der Waals surface area contributed by atoms with Gasteiger partial charge in [-0.3, -0.25) is 14.6 Å². The lowest BCUT2D eigenvalue weighted by Crippen LogP contribution is -2.50. The van der Waals surface area contributed by atoms with E-state index in [-0.39, 0.29) is 17.8 Å². The number of hydrogen-bond donors (Lipinski definition) is 1. The number of rotatable bonds is 6. The molecule has 10 nitrogen and oxygen atoms in total. The highest BCUT2D eigenvalue weighted by molar-refractivity contribution is 5.82. The quantitative estimate of drug-likeness (QED) is 0.391. The Labute approximate surface area is 183 Å². The molecule has 2 aliphatic heterocycles. The number of likely N-dealkylation sites (tertiary alicyclic amines) is 1. The Balaban J connectivity index is 1.36. The lowest BCUT2D eigenvalue weighted by Gasteiger charge is -2.35. The van der Waals surface area contributed by atoms with E-state index < -0.39 is 0 Å². The highest BCUT2D eigenvalue weighted by Crippen LogP contribution is 2.18. The Kier molecular flexibility index (Phi) is 8.43. The van der Waals surface area contributed by atoms with Crippen LogP contribution >= 0.6 is 0 Å². The fourth-order valence-corrected chi connectivity index (χ4v) is 3.97. The van der Waals surface area contributed by atoms with Crippen LogP contribution in [-0.2, 0) is 14.3 Å². The molecule has 0 aromatic carbocycles. The molecular formula is C21H33N7O3. The number of aliphatic imine (C=N–C) groups is 1. The van der Waals surface area contributed by atoms with E-state index in [1.807, 2.05) is 11.8 Å². The average molecular weight is 432 g/mol. The second-order valence-electron chi connectivity index (χ2n) is 7.65. The number of guanidine groups is 1. The van der Waals surface area contributed by atoms with Crippen molar-refractivity contribution in [2.45, 2.75) is 26.2 Å². The molecule has 2 fully saturated rings. The third-order valence-electron chi connectivity index (χ3n) is 5.72. The van der Waals surface area contributed by atoms with Gasteiger partial charge < -0.3 is 24.8 Å². The van der Waals surface area contributed by atoms with Gasteiger partial charge in [0.25, 0.3) is 0 Å². The monoisotopic (exact) mass is 431 g/mol. The molecule has 0 aliphatic carbocycles. The SMILES string of the molecule is CCOC(=O)C1CCN(C(=NC)NCCC(=O)N2CCN(c3ncccn3)CC2)CC1. The number of carbonyl (C=O) groups is 2. The molecule has 0 saturated carbocycles. The number of piperidine rings is 1. The summed E-state index contributed by atoms with van der Waals surface area (Å²) >= 11 is 0. The second kappa shape index (κ2) is 11.5. The van der Waals surface area contributed by atoms with E-state index >= 15 is 0 Å². The molecule has 0 unspecified atom stereocenters. The van der Waals surface area contributed by atoms with Crippen LogP contribution in [0.2, 0.25) is 0 Å². The first-order valence-electron chi connectivity index (χ1n) is 11.0. The van der Waals surface area contributed by atoms with Crippen molar-refractivity contribution >= 4 is 23.8 Å². The van der Waals surface area contributed by atoms with Crippen LogP contribution in [-0.4, -0.2) is 97.1 Å². The van der Waals surface area contributed by atoms with Gasteiger partial charge in [0.1, 0.15) is 0 Å². The van der Waals surface area contributed by atoms with E-state index in [0.717, 1.165) is 45.0 Å². The molecule has 0 bridgehead atoms. The average Bonchev–Trinajstić information content (AvgIpc) is 2.83. The summed E-state index contributed by atoms with van der Waals surface area (Å²) in [4.78, 5) is 43.5. The number of ether oxygens (including phenoxy) is 1. The normalized spacial score (nSPS) is 18.1. The summed E-state index contributed by atoms with van der Waals surface area (Å²) in [6.07, 6.45) is 5.40. The molecule has 0 atom stereocenters. The highest BCUT2D eigenvalue weighted by atomic mass is 16.5. The fraction of sp³-hybridized carbons (Fsp3) is 0.667. The molecule has 1 aromatic rings. The molecule has 2 aliphatic rings. The first-order chi connectivity index (χ1) is 15.1. The number of nitrogens with one attached hydrogen (secondary N) is 1. The van der Waals surface area contributed by atoms with Crippen LogP contribution < -0.4 is 10.2 Å². The number of carbonyl (C=O) groups excluding carboxylic acids is 2. The minimum atomic E-state index is -0.102. The molecule has 1 amide bonds. The fourth-order valence-electron chi connectivity index (χ4n) is 3.97. The molecule has 31 heavy (non-hydrogen) atoms. The van der Waals surface area contributed by atoms with Crippen molar-refractivity contribution in [3.8, 4) is 0 Å². The lowest BCUT2D eigenvalue weighted by molar-refractivity contribution is -0.149. The predicted octanol–water partition coefficient (Wildman–Crippen LogP) is 0.366. The smallest absolute Gasteiger partial charge is 0.309 e. The Hall–Kier alpha value is -2.91. The molecule has 0 radical (unpaired) electrons. The van der Waals surface area contributed by atoms with E-state index in [1.54, 1.807) is 25.5 Å². The summed E-state index contributed by atoms with van der Waals surface area (Å²) in [5.74, 6) is 1.50.